The summed E-state index contributed by atoms with van der Waals surface area (Å²) < 4.78 is 5.46. The Hall–Kier alpha value is -1.56. The number of rotatable bonds is 6. The first-order valence-corrected chi connectivity index (χ1v) is 7.34. The van der Waals surface area contributed by atoms with Gasteiger partial charge in [0.05, 0.1) is 13.0 Å². The highest BCUT2D eigenvalue weighted by Gasteiger charge is 2.23. The molecule has 6 heteroatoms. The van der Waals surface area contributed by atoms with Gasteiger partial charge in [0, 0.05) is 11.4 Å². The zero-order valence-electron chi connectivity index (χ0n) is 12.3. The van der Waals surface area contributed by atoms with Crippen molar-refractivity contribution in [2.24, 2.45) is 0 Å². The van der Waals surface area contributed by atoms with Gasteiger partial charge >= 0.3 is 5.97 Å². The summed E-state index contributed by atoms with van der Waals surface area (Å²) in [6.07, 6.45) is 0.216. The van der Waals surface area contributed by atoms with E-state index in [4.69, 9.17) is 4.74 Å². The largest absolute Gasteiger partial charge is 0.491 e. The van der Waals surface area contributed by atoms with Gasteiger partial charge in [0.2, 0.25) is 5.91 Å². The summed E-state index contributed by atoms with van der Waals surface area (Å²) in [7, 11) is 0. The predicted molar refractivity (Wildman–Crippen MR) is 78.8 cm³/mol. The maximum atomic E-state index is 11.3. The molecule has 2 N–H and O–H groups in total. The molecule has 0 atom stereocenters. The Balaban J connectivity index is 2.76. The van der Waals surface area contributed by atoms with Gasteiger partial charge in [-0.05, 0) is 18.4 Å². The highest BCUT2D eigenvalue weighted by Crippen LogP contribution is 2.36. The number of hydrogen-bond donors (Lipinski definition) is 2. The lowest BCUT2D eigenvalue weighted by atomic mass is 9.95. The van der Waals surface area contributed by atoms with Crippen LogP contribution in [0.3, 0.4) is 0 Å². The van der Waals surface area contributed by atoms with Crippen LogP contribution in [-0.2, 0) is 10.2 Å². The van der Waals surface area contributed by atoms with Crippen LogP contribution in [0, 0.1) is 0 Å². The van der Waals surface area contributed by atoms with Gasteiger partial charge in [0.25, 0.3) is 0 Å². The lowest BCUT2D eigenvalue weighted by Crippen LogP contribution is -2.24. The number of aromatic carboxylic acids is 1. The van der Waals surface area contributed by atoms with Crippen molar-refractivity contribution in [3.63, 3.8) is 0 Å². The molecule has 0 unspecified atom stereocenters. The van der Waals surface area contributed by atoms with Crippen LogP contribution in [0.25, 0.3) is 0 Å². The summed E-state index contributed by atoms with van der Waals surface area (Å²) in [6, 6.07) is 1.76. The standard InChI is InChI=1S/C14H21NO4S/c1-5-15-11(16)6-7-19-9-8-10(14(2,3)4)20-12(9)13(17)18/h8H,5-7H2,1-4H3,(H,15,16)(H,17,18). The van der Waals surface area contributed by atoms with Crippen LogP contribution in [-0.4, -0.2) is 30.1 Å². The molecule has 0 aromatic carbocycles. The van der Waals surface area contributed by atoms with Gasteiger partial charge in [-0.3, -0.25) is 4.79 Å². The van der Waals surface area contributed by atoms with E-state index in [1.807, 2.05) is 27.7 Å². The molecular weight excluding hydrogens is 278 g/mol. The number of carbonyl (C=O) groups excluding carboxylic acids is 1. The fourth-order valence-corrected chi connectivity index (χ4v) is 2.54. The average molecular weight is 299 g/mol. The van der Waals surface area contributed by atoms with Crippen molar-refractivity contribution in [3.8, 4) is 5.75 Å². The summed E-state index contributed by atoms with van der Waals surface area (Å²) in [4.78, 5) is 23.7. The van der Waals surface area contributed by atoms with Crippen LogP contribution < -0.4 is 10.1 Å². The second kappa shape index (κ2) is 6.74. The molecule has 0 aliphatic rings. The maximum absolute atomic E-state index is 11.3. The van der Waals surface area contributed by atoms with Crippen LogP contribution in [0.15, 0.2) is 6.07 Å². The van der Waals surface area contributed by atoms with Gasteiger partial charge in [-0.25, -0.2) is 4.79 Å². The third-order valence-corrected chi connectivity index (χ3v) is 4.12. The van der Waals surface area contributed by atoms with Gasteiger partial charge in [-0.15, -0.1) is 11.3 Å². The van der Waals surface area contributed by atoms with Crippen molar-refractivity contribution in [1.29, 1.82) is 0 Å². The zero-order valence-corrected chi connectivity index (χ0v) is 13.1. The number of carboxylic acids is 1. The third-order valence-electron chi connectivity index (χ3n) is 2.59. The van der Waals surface area contributed by atoms with Gasteiger partial charge in [0.15, 0.2) is 4.88 Å². The SMILES string of the molecule is CCNC(=O)CCOc1cc(C(C)(C)C)sc1C(=O)O. The van der Waals surface area contributed by atoms with Crippen molar-refractivity contribution in [2.45, 2.75) is 39.5 Å². The van der Waals surface area contributed by atoms with E-state index in [1.165, 1.54) is 11.3 Å². The summed E-state index contributed by atoms with van der Waals surface area (Å²) in [5.74, 6) is -0.758. The molecule has 1 amide bonds. The normalized spacial score (nSPS) is 11.2. The Morgan fingerprint density at radius 1 is 1.40 bits per heavy atom. The third kappa shape index (κ3) is 4.52. The first kappa shape index (κ1) is 16.5. The fraction of sp³-hybridized carbons (Fsp3) is 0.571. The predicted octanol–water partition coefficient (Wildman–Crippen LogP) is 2.65. The molecule has 0 bridgehead atoms. The van der Waals surface area contributed by atoms with Crippen LogP contribution in [0.2, 0.25) is 0 Å². The summed E-state index contributed by atoms with van der Waals surface area (Å²) in [5.41, 5.74) is -0.129. The van der Waals surface area contributed by atoms with Gasteiger partial charge in [-0.2, -0.15) is 0 Å². The minimum atomic E-state index is -1.00. The molecule has 1 heterocycles. The first-order chi connectivity index (χ1) is 9.25. The second-order valence-electron chi connectivity index (χ2n) is 5.41. The number of carbonyl (C=O) groups is 2. The molecule has 0 saturated heterocycles. The molecule has 1 aromatic heterocycles. The minimum Gasteiger partial charge on any atom is -0.491 e. The van der Waals surface area contributed by atoms with Crippen molar-refractivity contribution >= 4 is 23.2 Å². The summed E-state index contributed by atoms with van der Waals surface area (Å²) in [5, 5.41) is 11.9. The van der Waals surface area contributed by atoms with E-state index in [9.17, 15) is 14.7 Å². The van der Waals surface area contributed by atoms with Crippen molar-refractivity contribution in [3.05, 3.63) is 15.8 Å². The molecule has 0 spiro atoms. The van der Waals surface area contributed by atoms with Gasteiger partial charge in [0.1, 0.15) is 5.75 Å². The Labute approximate surface area is 123 Å². The van der Waals surface area contributed by atoms with Crippen LogP contribution in [0.5, 0.6) is 5.75 Å². The molecule has 1 rings (SSSR count). The number of ether oxygens (including phenoxy) is 1. The van der Waals surface area contributed by atoms with E-state index in [1.54, 1.807) is 6.07 Å². The molecule has 0 saturated carbocycles. The Kier molecular flexibility index (Phi) is 5.56. The van der Waals surface area contributed by atoms with E-state index in [0.717, 1.165) is 4.88 Å². The minimum absolute atomic E-state index is 0.101. The number of amides is 1. The molecule has 112 valence electrons. The Bertz CT molecular complexity index is 488. The summed E-state index contributed by atoms with van der Waals surface area (Å²) >= 11 is 1.22. The van der Waals surface area contributed by atoms with Gasteiger partial charge in [-0.1, -0.05) is 20.8 Å². The molecule has 20 heavy (non-hydrogen) atoms. The Morgan fingerprint density at radius 3 is 2.55 bits per heavy atom. The maximum Gasteiger partial charge on any atom is 0.349 e. The first-order valence-electron chi connectivity index (χ1n) is 6.52. The zero-order chi connectivity index (χ0) is 15.3. The molecule has 0 aliphatic heterocycles. The topological polar surface area (TPSA) is 75.6 Å². The van der Waals surface area contributed by atoms with Crippen LogP contribution >= 0.6 is 11.3 Å². The van der Waals surface area contributed by atoms with E-state index in [0.29, 0.717) is 12.3 Å². The van der Waals surface area contributed by atoms with E-state index >= 15 is 0 Å². The number of nitrogens with one attached hydrogen (secondary N) is 1. The summed E-state index contributed by atoms with van der Waals surface area (Å²) in [6.45, 7) is 8.64. The quantitative estimate of drug-likeness (QED) is 0.846. The highest BCUT2D eigenvalue weighted by molar-refractivity contribution is 7.14. The molecule has 0 radical (unpaired) electrons. The van der Waals surface area contributed by atoms with E-state index < -0.39 is 5.97 Å². The molecular formula is C14H21NO4S. The van der Waals surface area contributed by atoms with Gasteiger partial charge < -0.3 is 15.2 Å². The Morgan fingerprint density at radius 2 is 2.05 bits per heavy atom. The smallest absolute Gasteiger partial charge is 0.349 e. The molecule has 5 nitrogen and oxygen atoms in total. The van der Waals surface area contributed by atoms with E-state index in [-0.39, 0.29) is 29.2 Å². The van der Waals surface area contributed by atoms with Crippen molar-refractivity contribution in [1.82, 2.24) is 5.32 Å². The lowest BCUT2D eigenvalue weighted by Gasteiger charge is -2.14. The number of carboxylic acid groups (broad SMARTS) is 1. The second-order valence-corrected chi connectivity index (χ2v) is 6.46. The van der Waals surface area contributed by atoms with Crippen LogP contribution in [0.1, 0.15) is 48.7 Å². The van der Waals surface area contributed by atoms with E-state index in [2.05, 4.69) is 5.32 Å². The lowest BCUT2D eigenvalue weighted by molar-refractivity contribution is -0.121. The average Bonchev–Trinajstić information content (AvgIpc) is 2.73. The fourth-order valence-electron chi connectivity index (χ4n) is 1.54. The number of thiophene rings is 1. The molecule has 0 aliphatic carbocycles. The van der Waals surface area contributed by atoms with Crippen molar-refractivity contribution < 1.29 is 19.4 Å². The van der Waals surface area contributed by atoms with Crippen LogP contribution in [0.4, 0.5) is 0 Å². The monoisotopic (exact) mass is 299 g/mol. The van der Waals surface area contributed by atoms with Crippen molar-refractivity contribution in [2.75, 3.05) is 13.2 Å². The number of hydrogen-bond acceptors (Lipinski definition) is 4. The molecule has 1 aromatic rings. The highest BCUT2D eigenvalue weighted by atomic mass is 32.1. The molecule has 0 fully saturated rings.